The number of carbonyl (C=O) groups is 1. The van der Waals surface area contributed by atoms with Gasteiger partial charge in [0.1, 0.15) is 5.69 Å². The van der Waals surface area contributed by atoms with Crippen molar-refractivity contribution in [1.29, 1.82) is 0 Å². The topological polar surface area (TPSA) is 63.1 Å². The van der Waals surface area contributed by atoms with Gasteiger partial charge >= 0.3 is 0 Å². The van der Waals surface area contributed by atoms with E-state index < -0.39 is 0 Å². The molecule has 2 aromatic heterocycles. The Balaban J connectivity index is 0.000000140. The summed E-state index contributed by atoms with van der Waals surface area (Å²) in [5.74, 6) is 0. The highest BCUT2D eigenvalue weighted by atomic mass is 32.1. The number of aliphatic hydroxyl groups is 1. The lowest BCUT2D eigenvalue weighted by molar-refractivity contribution is 0.111. The quantitative estimate of drug-likeness (QED) is 0.793. The molecule has 14 heavy (non-hydrogen) atoms. The second kappa shape index (κ2) is 6.36. The van der Waals surface area contributed by atoms with Crippen LogP contribution in [0, 0.1) is 0 Å². The number of nitrogens with zero attached hydrogens (tertiary/aromatic N) is 2. The minimum absolute atomic E-state index is 0.0590. The van der Waals surface area contributed by atoms with Gasteiger partial charge in [0.25, 0.3) is 0 Å². The molecular formula is C8H8N2O2S2. The first-order valence-corrected chi connectivity index (χ1v) is 5.56. The Hall–Kier alpha value is -1.11. The van der Waals surface area contributed by atoms with Gasteiger partial charge in [-0.05, 0) is 0 Å². The molecule has 0 aliphatic heterocycles. The van der Waals surface area contributed by atoms with Crippen molar-refractivity contribution < 1.29 is 9.90 Å². The number of rotatable bonds is 2. The van der Waals surface area contributed by atoms with E-state index in [-0.39, 0.29) is 6.61 Å². The van der Waals surface area contributed by atoms with Crippen LogP contribution in [0.25, 0.3) is 0 Å². The molecule has 0 aliphatic carbocycles. The zero-order valence-corrected chi connectivity index (χ0v) is 8.79. The van der Waals surface area contributed by atoms with Crippen molar-refractivity contribution in [2.75, 3.05) is 0 Å². The highest BCUT2D eigenvalue weighted by Crippen LogP contribution is 1.98. The average Bonchev–Trinajstić information content (AvgIpc) is 2.92. The molecule has 0 aliphatic rings. The smallest absolute Gasteiger partial charge is 0.169 e. The molecule has 2 rings (SSSR count). The minimum atomic E-state index is 0.0590. The molecule has 0 atom stereocenters. The third-order valence-electron chi connectivity index (χ3n) is 1.22. The molecule has 0 unspecified atom stereocenters. The fraction of sp³-hybridized carbons (Fsp3) is 0.125. The third kappa shape index (κ3) is 3.73. The van der Waals surface area contributed by atoms with Gasteiger partial charge in [-0.2, -0.15) is 0 Å². The van der Waals surface area contributed by atoms with Gasteiger partial charge in [0.15, 0.2) is 6.29 Å². The van der Waals surface area contributed by atoms with Crippen LogP contribution < -0.4 is 0 Å². The fourth-order valence-corrected chi connectivity index (χ4v) is 1.64. The van der Waals surface area contributed by atoms with Crippen LogP contribution in [-0.4, -0.2) is 21.4 Å². The monoisotopic (exact) mass is 228 g/mol. The van der Waals surface area contributed by atoms with Crippen molar-refractivity contribution in [3.63, 3.8) is 0 Å². The zero-order chi connectivity index (χ0) is 10.2. The van der Waals surface area contributed by atoms with Crippen LogP contribution in [0.1, 0.15) is 16.2 Å². The van der Waals surface area contributed by atoms with Crippen molar-refractivity contribution in [2.24, 2.45) is 0 Å². The third-order valence-corrected chi connectivity index (χ3v) is 2.46. The molecule has 2 heterocycles. The van der Waals surface area contributed by atoms with Gasteiger partial charge in [-0.3, -0.25) is 4.79 Å². The first-order valence-electron chi connectivity index (χ1n) is 3.68. The molecular weight excluding hydrogens is 220 g/mol. The summed E-state index contributed by atoms with van der Waals surface area (Å²) < 4.78 is 0. The summed E-state index contributed by atoms with van der Waals surface area (Å²) in [6.45, 7) is 0.0590. The predicted octanol–water partition coefficient (Wildman–Crippen LogP) is 1.59. The zero-order valence-electron chi connectivity index (χ0n) is 7.16. The number of aromatic nitrogens is 2. The number of aliphatic hydroxyl groups excluding tert-OH is 1. The first kappa shape index (κ1) is 11.0. The maximum absolute atomic E-state index is 9.81. The van der Waals surface area contributed by atoms with E-state index in [0.29, 0.717) is 5.69 Å². The van der Waals surface area contributed by atoms with Crippen LogP contribution in [-0.2, 0) is 6.61 Å². The van der Waals surface area contributed by atoms with E-state index in [1.54, 1.807) is 16.4 Å². The molecule has 0 bridgehead atoms. The van der Waals surface area contributed by atoms with Crippen molar-refractivity contribution in [3.8, 4) is 0 Å². The molecule has 0 spiro atoms. The standard InChI is InChI=1S/C4H5NOS.C4H3NOS/c2*6-1-4-2-7-3-5-4/h2-3,6H,1H2;1-3H. The fourth-order valence-electron chi connectivity index (χ4n) is 0.596. The normalized spacial score (nSPS) is 8.93. The van der Waals surface area contributed by atoms with Crippen LogP contribution in [0.4, 0.5) is 0 Å². The van der Waals surface area contributed by atoms with Crippen LogP contribution in [0.3, 0.4) is 0 Å². The Morgan fingerprint density at radius 2 is 2.00 bits per heavy atom. The summed E-state index contributed by atoms with van der Waals surface area (Å²) in [6, 6.07) is 0. The molecule has 6 heteroatoms. The van der Waals surface area contributed by atoms with E-state index in [2.05, 4.69) is 9.97 Å². The summed E-state index contributed by atoms with van der Waals surface area (Å²) in [5, 5.41) is 11.9. The van der Waals surface area contributed by atoms with E-state index in [9.17, 15) is 4.79 Å². The van der Waals surface area contributed by atoms with Crippen LogP contribution in [0.15, 0.2) is 21.8 Å². The summed E-state index contributed by atoms with van der Waals surface area (Å²) in [6.07, 6.45) is 0.733. The van der Waals surface area contributed by atoms with E-state index in [0.717, 1.165) is 12.0 Å². The summed E-state index contributed by atoms with van der Waals surface area (Å²) >= 11 is 2.91. The SMILES string of the molecule is O=Cc1cscn1.OCc1cscn1. The molecule has 0 radical (unpaired) electrons. The van der Waals surface area contributed by atoms with E-state index in [1.807, 2.05) is 5.38 Å². The van der Waals surface area contributed by atoms with Gasteiger partial charge in [0, 0.05) is 10.8 Å². The minimum Gasteiger partial charge on any atom is -0.390 e. The lowest BCUT2D eigenvalue weighted by Gasteiger charge is -1.77. The molecule has 0 saturated heterocycles. The Morgan fingerprint density at radius 1 is 1.29 bits per heavy atom. The van der Waals surface area contributed by atoms with Gasteiger partial charge in [-0.15, -0.1) is 22.7 Å². The highest BCUT2D eigenvalue weighted by Gasteiger charge is 1.85. The van der Waals surface area contributed by atoms with E-state index >= 15 is 0 Å². The first-order chi connectivity index (χ1) is 6.86. The van der Waals surface area contributed by atoms with Crippen molar-refractivity contribution >= 4 is 29.0 Å². The number of carbonyl (C=O) groups excluding carboxylic acids is 1. The van der Waals surface area contributed by atoms with Crippen LogP contribution >= 0.6 is 22.7 Å². The second-order valence-electron chi connectivity index (χ2n) is 2.17. The van der Waals surface area contributed by atoms with Crippen molar-refractivity contribution in [1.82, 2.24) is 9.97 Å². The average molecular weight is 228 g/mol. The molecule has 4 nitrogen and oxygen atoms in total. The van der Waals surface area contributed by atoms with E-state index in [1.165, 1.54) is 22.7 Å². The number of hydrogen-bond donors (Lipinski definition) is 1. The Bertz CT molecular complexity index is 345. The molecule has 0 amide bonds. The highest BCUT2D eigenvalue weighted by molar-refractivity contribution is 7.07. The van der Waals surface area contributed by atoms with Crippen molar-refractivity contribution in [3.05, 3.63) is 33.2 Å². The molecule has 2 aromatic rings. The number of hydrogen-bond acceptors (Lipinski definition) is 6. The molecule has 0 fully saturated rings. The van der Waals surface area contributed by atoms with Gasteiger partial charge < -0.3 is 5.11 Å². The van der Waals surface area contributed by atoms with Crippen LogP contribution in [0.5, 0.6) is 0 Å². The van der Waals surface area contributed by atoms with E-state index in [4.69, 9.17) is 5.11 Å². The Labute approximate surface area is 88.9 Å². The maximum Gasteiger partial charge on any atom is 0.169 e. The number of aldehydes is 1. The maximum atomic E-state index is 9.81. The number of thiazole rings is 2. The lowest BCUT2D eigenvalue weighted by atomic mass is 10.5. The molecule has 0 aromatic carbocycles. The largest absolute Gasteiger partial charge is 0.390 e. The summed E-state index contributed by atoms with van der Waals surface area (Å²) in [5.41, 5.74) is 4.60. The summed E-state index contributed by atoms with van der Waals surface area (Å²) in [4.78, 5) is 17.3. The predicted molar refractivity (Wildman–Crippen MR) is 55.5 cm³/mol. The van der Waals surface area contributed by atoms with Gasteiger partial charge in [-0.25, -0.2) is 9.97 Å². The second-order valence-corrected chi connectivity index (χ2v) is 3.61. The van der Waals surface area contributed by atoms with Crippen molar-refractivity contribution in [2.45, 2.75) is 6.61 Å². The molecule has 1 N–H and O–H groups in total. The van der Waals surface area contributed by atoms with Gasteiger partial charge in [0.05, 0.1) is 23.3 Å². The van der Waals surface area contributed by atoms with Gasteiger partial charge in [-0.1, -0.05) is 0 Å². The van der Waals surface area contributed by atoms with Crippen LogP contribution in [0.2, 0.25) is 0 Å². The lowest BCUT2D eigenvalue weighted by Crippen LogP contribution is -1.77. The molecule has 0 saturated carbocycles. The molecule has 74 valence electrons. The Kier molecular flexibility index (Phi) is 4.98. The van der Waals surface area contributed by atoms with Gasteiger partial charge in [0.2, 0.25) is 0 Å². The summed E-state index contributed by atoms with van der Waals surface area (Å²) in [7, 11) is 0. The Morgan fingerprint density at radius 3 is 2.29 bits per heavy atom.